The lowest BCUT2D eigenvalue weighted by molar-refractivity contribution is 0.320. The summed E-state index contributed by atoms with van der Waals surface area (Å²) in [5.74, 6) is 1.14. The van der Waals surface area contributed by atoms with Crippen LogP contribution in [0.2, 0.25) is 0 Å². The Hall–Kier alpha value is -0.970. The van der Waals surface area contributed by atoms with Gasteiger partial charge in [0.05, 0.1) is 7.11 Å². The summed E-state index contributed by atoms with van der Waals surface area (Å²) in [4.78, 5) is 0. The van der Waals surface area contributed by atoms with Gasteiger partial charge in [0.1, 0.15) is 0 Å². The first-order chi connectivity index (χ1) is 8.22. The van der Waals surface area contributed by atoms with E-state index in [-0.39, 0.29) is 24.2 Å². The number of piperidine rings is 1. The van der Waals surface area contributed by atoms with Crippen LogP contribution in [-0.2, 0) is 0 Å². The first-order valence-corrected chi connectivity index (χ1v) is 6.05. The molecule has 1 saturated heterocycles. The second kappa shape index (κ2) is 6.83. The SMILES string of the molecule is COc1ccc([C@H](N)C2CCNCC2)cc1O.Cl. The van der Waals surface area contributed by atoms with Gasteiger partial charge >= 0.3 is 0 Å². The van der Waals surface area contributed by atoms with Gasteiger partial charge in [0, 0.05) is 6.04 Å². The molecule has 1 aromatic carbocycles. The Balaban J connectivity index is 0.00000162. The molecule has 1 aliphatic heterocycles. The Bertz CT molecular complexity index is 381. The van der Waals surface area contributed by atoms with Crippen LogP contribution in [0.3, 0.4) is 0 Å². The van der Waals surface area contributed by atoms with Crippen molar-refractivity contribution in [2.75, 3.05) is 20.2 Å². The highest BCUT2D eigenvalue weighted by Crippen LogP contribution is 2.32. The Labute approximate surface area is 114 Å². The molecule has 0 bridgehead atoms. The van der Waals surface area contributed by atoms with Crippen LogP contribution in [0.25, 0.3) is 0 Å². The minimum atomic E-state index is -0.00564. The molecule has 102 valence electrons. The number of nitrogens with one attached hydrogen (secondary N) is 1. The fraction of sp³-hybridized carbons (Fsp3) is 0.538. The van der Waals surface area contributed by atoms with Gasteiger partial charge in [-0.1, -0.05) is 6.07 Å². The molecule has 1 aromatic rings. The van der Waals surface area contributed by atoms with E-state index in [0.29, 0.717) is 11.7 Å². The minimum Gasteiger partial charge on any atom is -0.504 e. The van der Waals surface area contributed by atoms with Crippen molar-refractivity contribution >= 4 is 12.4 Å². The maximum atomic E-state index is 9.75. The Morgan fingerprint density at radius 1 is 1.39 bits per heavy atom. The molecule has 5 heteroatoms. The lowest BCUT2D eigenvalue weighted by Crippen LogP contribution is -2.33. The third-order valence-corrected chi connectivity index (χ3v) is 3.48. The van der Waals surface area contributed by atoms with Crippen molar-refractivity contribution in [3.05, 3.63) is 23.8 Å². The predicted octanol–water partition coefficient (Wildman–Crippen LogP) is 1.82. The molecule has 0 saturated carbocycles. The fourth-order valence-corrected chi connectivity index (χ4v) is 2.39. The van der Waals surface area contributed by atoms with Crippen LogP contribution < -0.4 is 15.8 Å². The summed E-state index contributed by atoms with van der Waals surface area (Å²) in [6.07, 6.45) is 2.18. The number of hydrogen-bond donors (Lipinski definition) is 3. The average Bonchev–Trinajstić information content (AvgIpc) is 2.39. The van der Waals surface area contributed by atoms with Crippen LogP contribution in [0, 0.1) is 5.92 Å². The summed E-state index contributed by atoms with van der Waals surface area (Å²) < 4.78 is 5.02. The van der Waals surface area contributed by atoms with Crippen molar-refractivity contribution in [2.45, 2.75) is 18.9 Å². The zero-order chi connectivity index (χ0) is 12.3. The molecular formula is C13H21ClN2O2. The van der Waals surface area contributed by atoms with Gasteiger partial charge in [0.25, 0.3) is 0 Å². The monoisotopic (exact) mass is 272 g/mol. The van der Waals surface area contributed by atoms with E-state index in [4.69, 9.17) is 10.5 Å². The molecule has 4 nitrogen and oxygen atoms in total. The average molecular weight is 273 g/mol. The number of methoxy groups -OCH3 is 1. The zero-order valence-corrected chi connectivity index (χ0v) is 11.4. The van der Waals surface area contributed by atoms with Crippen LogP contribution in [0.15, 0.2) is 18.2 Å². The number of phenolic OH excluding ortho intramolecular Hbond substituents is 1. The van der Waals surface area contributed by atoms with Crippen LogP contribution in [0.5, 0.6) is 11.5 Å². The fourth-order valence-electron chi connectivity index (χ4n) is 2.39. The molecule has 0 unspecified atom stereocenters. The number of rotatable bonds is 3. The standard InChI is InChI=1S/C13H20N2O2.ClH/c1-17-12-3-2-10(8-11(12)16)13(14)9-4-6-15-7-5-9;/h2-3,8-9,13,15-16H,4-7,14H2,1H3;1H/t13-;/m1./s1. The van der Waals surface area contributed by atoms with E-state index >= 15 is 0 Å². The molecule has 1 heterocycles. The van der Waals surface area contributed by atoms with Crippen molar-refractivity contribution in [1.82, 2.24) is 5.32 Å². The molecular weight excluding hydrogens is 252 g/mol. The number of halogens is 1. The predicted molar refractivity (Wildman–Crippen MR) is 74.4 cm³/mol. The number of hydrogen-bond acceptors (Lipinski definition) is 4. The van der Waals surface area contributed by atoms with E-state index < -0.39 is 0 Å². The topological polar surface area (TPSA) is 67.5 Å². The van der Waals surface area contributed by atoms with Crippen LogP contribution in [-0.4, -0.2) is 25.3 Å². The Morgan fingerprint density at radius 2 is 2.06 bits per heavy atom. The molecule has 2 rings (SSSR count). The van der Waals surface area contributed by atoms with E-state index in [2.05, 4.69) is 5.32 Å². The summed E-state index contributed by atoms with van der Waals surface area (Å²) in [5, 5.41) is 13.1. The van der Waals surface area contributed by atoms with Crippen molar-refractivity contribution in [3.8, 4) is 11.5 Å². The van der Waals surface area contributed by atoms with Crippen molar-refractivity contribution in [3.63, 3.8) is 0 Å². The second-order valence-corrected chi connectivity index (χ2v) is 4.54. The van der Waals surface area contributed by atoms with E-state index in [1.807, 2.05) is 6.07 Å². The lowest BCUT2D eigenvalue weighted by Gasteiger charge is -2.28. The van der Waals surface area contributed by atoms with E-state index in [0.717, 1.165) is 31.5 Å². The third kappa shape index (κ3) is 3.28. The molecule has 0 aromatic heterocycles. The highest BCUT2D eigenvalue weighted by atomic mass is 35.5. The molecule has 0 amide bonds. The number of benzene rings is 1. The minimum absolute atomic E-state index is 0. The molecule has 1 atom stereocenters. The molecule has 0 spiro atoms. The van der Waals surface area contributed by atoms with Crippen molar-refractivity contribution in [1.29, 1.82) is 0 Å². The van der Waals surface area contributed by atoms with Crippen LogP contribution >= 0.6 is 12.4 Å². The van der Waals surface area contributed by atoms with Crippen molar-refractivity contribution < 1.29 is 9.84 Å². The third-order valence-electron chi connectivity index (χ3n) is 3.48. The summed E-state index contributed by atoms with van der Waals surface area (Å²) >= 11 is 0. The number of nitrogens with two attached hydrogens (primary N) is 1. The zero-order valence-electron chi connectivity index (χ0n) is 10.6. The van der Waals surface area contributed by atoms with Gasteiger partial charge in [-0.25, -0.2) is 0 Å². The molecule has 1 fully saturated rings. The van der Waals surface area contributed by atoms with Gasteiger partial charge in [0.15, 0.2) is 11.5 Å². The van der Waals surface area contributed by atoms with Crippen LogP contribution in [0.1, 0.15) is 24.4 Å². The lowest BCUT2D eigenvalue weighted by atomic mass is 9.86. The van der Waals surface area contributed by atoms with Crippen LogP contribution in [0.4, 0.5) is 0 Å². The second-order valence-electron chi connectivity index (χ2n) is 4.54. The van der Waals surface area contributed by atoms with Gasteiger partial charge in [-0.3, -0.25) is 0 Å². The van der Waals surface area contributed by atoms with Gasteiger partial charge in [-0.15, -0.1) is 12.4 Å². The van der Waals surface area contributed by atoms with Gasteiger partial charge < -0.3 is 20.9 Å². The van der Waals surface area contributed by atoms with Gasteiger partial charge in [0.2, 0.25) is 0 Å². The smallest absolute Gasteiger partial charge is 0.160 e. The number of phenols is 1. The number of aromatic hydroxyl groups is 1. The summed E-state index contributed by atoms with van der Waals surface area (Å²) in [5.41, 5.74) is 7.23. The molecule has 4 N–H and O–H groups in total. The summed E-state index contributed by atoms with van der Waals surface area (Å²) in [6.45, 7) is 2.06. The highest BCUT2D eigenvalue weighted by molar-refractivity contribution is 5.85. The van der Waals surface area contributed by atoms with Gasteiger partial charge in [-0.05, 0) is 49.5 Å². The maximum Gasteiger partial charge on any atom is 0.160 e. The maximum absolute atomic E-state index is 9.75. The van der Waals surface area contributed by atoms with Crippen molar-refractivity contribution in [2.24, 2.45) is 11.7 Å². The summed E-state index contributed by atoms with van der Waals surface area (Å²) in [6, 6.07) is 5.41. The summed E-state index contributed by atoms with van der Waals surface area (Å²) in [7, 11) is 1.54. The van der Waals surface area contributed by atoms with E-state index in [9.17, 15) is 5.11 Å². The molecule has 0 radical (unpaired) electrons. The Kier molecular flexibility index (Phi) is 5.72. The van der Waals surface area contributed by atoms with E-state index in [1.165, 1.54) is 0 Å². The quantitative estimate of drug-likeness (QED) is 0.785. The van der Waals surface area contributed by atoms with E-state index in [1.54, 1.807) is 19.2 Å². The molecule has 18 heavy (non-hydrogen) atoms. The highest BCUT2D eigenvalue weighted by Gasteiger charge is 2.22. The normalized spacial score (nSPS) is 17.9. The van der Waals surface area contributed by atoms with Gasteiger partial charge in [-0.2, -0.15) is 0 Å². The number of ether oxygens (including phenoxy) is 1. The largest absolute Gasteiger partial charge is 0.504 e. The molecule has 0 aliphatic carbocycles. The Morgan fingerprint density at radius 3 is 2.61 bits per heavy atom. The first kappa shape index (κ1) is 15.1. The first-order valence-electron chi connectivity index (χ1n) is 6.05. The molecule has 1 aliphatic rings.